The highest BCUT2D eigenvalue weighted by Gasteiger charge is 2.37. The van der Waals surface area contributed by atoms with E-state index < -0.39 is 6.09 Å². The largest absolute Gasteiger partial charge is 0.445 e. The van der Waals surface area contributed by atoms with Crippen molar-refractivity contribution in [2.45, 2.75) is 44.6 Å². The highest BCUT2D eigenvalue weighted by molar-refractivity contribution is 5.96. The normalized spacial score (nSPS) is 18.0. The zero-order valence-corrected chi connectivity index (χ0v) is 18.6. The number of carbonyl (C=O) groups is 2. The molecule has 5 heteroatoms. The van der Waals surface area contributed by atoms with E-state index in [4.69, 9.17) is 9.47 Å². The van der Waals surface area contributed by atoms with Crippen molar-refractivity contribution >= 4 is 11.9 Å². The summed E-state index contributed by atoms with van der Waals surface area (Å²) in [5, 5.41) is 0. The van der Waals surface area contributed by atoms with Crippen molar-refractivity contribution in [3.63, 3.8) is 0 Å². The molecular formula is C28H29NO4. The maximum absolute atomic E-state index is 13.1. The fraction of sp³-hybridized carbons (Fsp3) is 0.286. The number of amides is 1. The summed E-state index contributed by atoms with van der Waals surface area (Å²) in [4.78, 5) is 27.8. The molecule has 3 aromatic carbocycles. The lowest BCUT2D eigenvalue weighted by Crippen LogP contribution is -2.52. The van der Waals surface area contributed by atoms with Crippen LogP contribution in [-0.2, 0) is 22.7 Å². The number of ether oxygens (including phenoxy) is 2. The highest BCUT2D eigenvalue weighted by Crippen LogP contribution is 2.26. The molecule has 0 saturated carbocycles. The van der Waals surface area contributed by atoms with Crippen LogP contribution in [0.2, 0.25) is 0 Å². The van der Waals surface area contributed by atoms with E-state index in [1.807, 2.05) is 91.0 Å². The Morgan fingerprint density at radius 1 is 0.788 bits per heavy atom. The summed E-state index contributed by atoms with van der Waals surface area (Å²) in [6.07, 6.45) is 1.15. The smallest absolute Gasteiger partial charge is 0.410 e. The number of hydrogen-bond acceptors (Lipinski definition) is 4. The van der Waals surface area contributed by atoms with E-state index in [-0.39, 0.29) is 31.0 Å². The van der Waals surface area contributed by atoms with Gasteiger partial charge in [0.15, 0.2) is 5.78 Å². The van der Waals surface area contributed by atoms with Gasteiger partial charge in [0, 0.05) is 18.5 Å². The average molecular weight is 444 g/mol. The SMILES string of the molecule is O=C(C[C@@H]1[C@@H](OCc2ccccc2)CCCN1C(=O)OCc1ccccc1)c1ccccc1. The first-order valence-corrected chi connectivity index (χ1v) is 11.4. The number of hydrogen-bond donors (Lipinski definition) is 0. The summed E-state index contributed by atoms with van der Waals surface area (Å²) in [6.45, 7) is 1.19. The molecule has 0 unspecified atom stereocenters. The number of Topliss-reactive ketones (excluding diaryl/α,β-unsaturated/α-hetero) is 1. The van der Waals surface area contributed by atoms with Crippen LogP contribution >= 0.6 is 0 Å². The van der Waals surface area contributed by atoms with E-state index in [1.54, 1.807) is 4.90 Å². The third-order valence-electron chi connectivity index (χ3n) is 5.95. The molecule has 0 N–H and O–H groups in total. The second-order valence-electron chi connectivity index (χ2n) is 8.27. The molecule has 1 heterocycles. The highest BCUT2D eigenvalue weighted by atomic mass is 16.6. The van der Waals surface area contributed by atoms with Gasteiger partial charge in [-0.15, -0.1) is 0 Å². The molecule has 5 nitrogen and oxygen atoms in total. The van der Waals surface area contributed by atoms with Crippen LogP contribution in [0.15, 0.2) is 91.0 Å². The van der Waals surface area contributed by atoms with Crippen LogP contribution in [0, 0.1) is 0 Å². The number of carbonyl (C=O) groups excluding carboxylic acids is 2. The van der Waals surface area contributed by atoms with E-state index in [1.165, 1.54) is 0 Å². The number of rotatable bonds is 8. The first-order valence-electron chi connectivity index (χ1n) is 11.4. The van der Waals surface area contributed by atoms with Crippen LogP contribution in [-0.4, -0.2) is 35.5 Å². The van der Waals surface area contributed by atoms with Gasteiger partial charge >= 0.3 is 6.09 Å². The minimum absolute atomic E-state index is 0.00308. The van der Waals surface area contributed by atoms with Gasteiger partial charge in [0.05, 0.1) is 18.8 Å². The Balaban J connectivity index is 1.48. The standard InChI is InChI=1S/C28H29NO4/c30-26(24-15-8-3-9-16-24)19-25-27(32-20-22-11-4-1-5-12-22)17-10-18-29(25)28(31)33-21-23-13-6-2-7-14-23/h1-9,11-16,25,27H,10,17-21H2/t25-,27+/m1/s1. The van der Waals surface area contributed by atoms with Gasteiger partial charge in [-0.3, -0.25) is 4.79 Å². The number of benzene rings is 3. The van der Waals surface area contributed by atoms with Crippen molar-refractivity contribution in [1.29, 1.82) is 0 Å². The third-order valence-corrected chi connectivity index (χ3v) is 5.95. The Kier molecular flexibility index (Phi) is 7.88. The topological polar surface area (TPSA) is 55.8 Å². The Morgan fingerprint density at radius 3 is 2.00 bits per heavy atom. The van der Waals surface area contributed by atoms with Crippen molar-refractivity contribution in [1.82, 2.24) is 4.90 Å². The molecule has 3 aromatic rings. The molecule has 4 rings (SSSR count). The maximum atomic E-state index is 13.1. The third kappa shape index (κ3) is 6.30. The van der Waals surface area contributed by atoms with Crippen LogP contribution in [0.5, 0.6) is 0 Å². The lowest BCUT2D eigenvalue weighted by Gasteiger charge is -2.40. The number of likely N-dealkylation sites (tertiary alicyclic amines) is 1. The lowest BCUT2D eigenvalue weighted by molar-refractivity contribution is -0.0486. The van der Waals surface area contributed by atoms with Crippen molar-refractivity contribution in [3.8, 4) is 0 Å². The van der Waals surface area contributed by atoms with Crippen LogP contribution in [0.4, 0.5) is 4.79 Å². The number of ketones is 1. The first-order chi connectivity index (χ1) is 16.2. The Labute approximate surface area is 194 Å². The van der Waals surface area contributed by atoms with Crippen LogP contribution < -0.4 is 0 Å². The van der Waals surface area contributed by atoms with Gasteiger partial charge in [-0.1, -0.05) is 91.0 Å². The molecule has 1 fully saturated rings. The van der Waals surface area contributed by atoms with Gasteiger partial charge < -0.3 is 14.4 Å². The second-order valence-corrected chi connectivity index (χ2v) is 8.27. The quantitative estimate of drug-likeness (QED) is 0.423. The fourth-order valence-electron chi connectivity index (χ4n) is 4.20. The lowest BCUT2D eigenvalue weighted by atomic mass is 9.92. The Bertz CT molecular complexity index is 1020. The van der Waals surface area contributed by atoms with Crippen LogP contribution in [0.3, 0.4) is 0 Å². The molecule has 33 heavy (non-hydrogen) atoms. The molecule has 0 radical (unpaired) electrons. The zero-order valence-electron chi connectivity index (χ0n) is 18.6. The second kappa shape index (κ2) is 11.4. The minimum Gasteiger partial charge on any atom is -0.445 e. The Hall–Kier alpha value is -3.44. The molecule has 1 saturated heterocycles. The predicted molar refractivity (Wildman–Crippen MR) is 127 cm³/mol. The molecule has 1 amide bonds. The van der Waals surface area contributed by atoms with E-state index in [9.17, 15) is 9.59 Å². The molecule has 1 aliphatic rings. The van der Waals surface area contributed by atoms with Gasteiger partial charge in [-0.25, -0.2) is 4.79 Å². The van der Waals surface area contributed by atoms with E-state index in [2.05, 4.69) is 0 Å². The zero-order chi connectivity index (χ0) is 22.9. The van der Waals surface area contributed by atoms with Crippen molar-refractivity contribution in [2.75, 3.05) is 6.54 Å². The van der Waals surface area contributed by atoms with Crippen molar-refractivity contribution in [2.24, 2.45) is 0 Å². The summed E-state index contributed by atoms with van der Waals surface area (Å²) < 4.78 is 11.9. The van der Waals surface area contributed by atoms with Crippen molar-refractivity contribution in [3.05, 3.63) is 108 Å². The summed E-state index contributed by atoms with van der Waals surface area (Å²) >= 11 is 0. The van der Waals surface area contributed by atoms with Gasteiger partial charge in [0.1, 0.15) is 6.61 Å². The predicted octanol–water partition coefficient (Wildman–Crippen LogP) is 5.65. The van der Waals surface area contributed by atoms with Gasteiger partial charge in [0.2, 0.25) is 0 Å². The summed E-state index contributed by atoms with van der Waals surface area (Å²) in [5.41, 5.74) is 2.63. The molecule has 0 aromatic heterocycles. The van der Waals surface area contributed by atoms with E-state index >= 15 is 0 Å². The van der Waals surface area contributed by atoms with Gasteiger partial charge in [-0.2, -0.15) is 0 Å². The van der Waals surface area contributed by atoms with Crippen molar-refractivity contribution < 1.29 is 19.1 Å². The Morgan fingerprint density at radius 2 is 1.36 bits per heavy atom. The first kappa shape index (κ1) is 22.7. The van der Waals surface area contributed by atoms with Gasteiger partial charge in [0.25, 0.3) is 0 Å². The summed E-state index contributed by atoms with van der Waals surface area (Å²) in [6, 6.07) is 28.4. The molecular weight excluding hydrogens is 414 g/mol. The molecule has 0 aliphatic carbocycles. The molecule has 0 bridgehead atoms. The monoisotopic (exact) mass is 443 g/mol. The van der Waals surface area contributed by atoms with E-state index in [0.29, 0.717) is 18.7 Å². The van der Waals surface area contributed by atoms with E-state index in [0.717, 1.165) is 24.0 Å². The van der Waals surface area contributed by atoms with Crippen LogP contribution in [0.25, 0.3) is 0 Å². The maximum Gasteiger partial charge on any atom is 0.410 e. The molecule has 0 spiro atoms. The molecule has 2 atom stereocenters. The van der Waals surface area contributed by atoms with Gasteiger partial charge in [-0.05, 0) is 24.0 Å². The number of piperidine rings is 1. The fourth-order valence-corrected chi connectivity index (χ4v) is 4.20. The number of nitrogens with zero attached hydrogens (tertiary/aromatic N) is 1. The average Bonchev–Trinajstić information content (AvgIpc) is 2.88. The summed E-state index contributed by atoms with van der Waals surface area (Å²) in [5.74, 6) is -0.00308. The minimum atomic E-state index is -0.405. The molecule has 170 valence electrons. The molecule has 1 aliphatic heterocycles. The summed E-state index contributed by atoms with van der Waals surface area (Å²) in [7, 11) is 0. The van der Waals surface area contributed by atoms with Crippen LogP contribution in [0.1, 0.15) is 40.7 Å².